The summed E-state index contributed by atoms with van der Waals surface area (Å²) in [5.41, 5.74) is 0.765. The van der Waals surface area contributed by atoms with Crippen LogP contribution in [0.15, 0.2) is 12.1 Å². The van der Waals surface area contributed by atoms with Crippen molar-refractivity contribution in [3.05, 3.63) is 22.7 Å². The van der Waals surface area contributed by atoms with E-state index in [0.29, 0.717) is 49.6 Å². The highest BCUT2D eigenvalue weighted by molar-refractivity contribution is 6.33. The summed E-state index contributed by atoms with van der Waals surface area (Å²) in [6.45, 7) is 6.51. The maximum absolute atomic E-state index is 6.51. The number of ether oxygens (including phenoxy) is 4. The van der Waals surface area contributed by atoms with Crippen LogP contribution >= 0.6 is 23.2 Å². The zero-order valence-corrected chi connectivity index (χ0v) is 13.7. The minimum absolute atomic E-state index is 0.217. The zero-order valence-electron chi connectivity index (χ0n) is 12.2. The molecule has 0 aromatic heterocycles. The molecule has 0 amide bonds. The van der Waals surface area contributed by atoms with Gasteiger partial charge in [0.2, 0.25) is 0 Å². The summed E-state index contributed by atoms with van der Waals surface area (Å²) in [6.07, 6.45) is -0.217. The van der Waals surface area contributed by atoms with Crippen molar-refractivity contribution in [1.29, 1.82) is 0 Å². The monoisotopic (exact) mass is 334 g/mol. The van der Waals surface area contributed by atoms with Gasteiger partial charge < -0.3 is 18.9 Å². The van der Waals surface area contributed by atoms with Crippen molar-refractivity contribution in [2.45, 2.75) is 25.3 Å². The van der Waals surface area contributed by atoms with E-state index in [1.807, 2.05) is 19.9 Å². The van der Waals surface area contributed by atoms with Gasteiger partial charge in [0.25, 0.3) is 0 Å². The van der Waals surface area contributed by atoms with Gasteiger partial charge >= 0.3 is 0 Å². The number of hydrogen-bond acceptors (Lipinski definition) is 4. The van der Waals surface area contributed by atoms with Crippen LogP contribution in [0.2, 0.25) is 5.02 Å². The molecule has 1 heterocycles. The molecular weight excluding hydrogens is 315 g/mol. The maximum atomic E-state index is 6.51. The topological polar surface area (TPSA) is 36.9 Å². The molecule has 1 aliphatic heterocycles. The van der Waals surface area contributed by atoms with Crippen LogP contribution in [0.25, 0.3) is 0 Å². The number of halogens is 2. The molecule has 1 aliphatic rings. The van der Waals surface area contributed by atoms with Crippen molar-refractivity contribution in [1.82, 2.24) is 0 Å². The third kappa shape index (κ3) is 4.16. The Morgan fingerprint density at radius 1 is 1.19 bits per heavy atom. The van der Waals surface area contributed by atoms with Gasteiger partial charge in [-0.05, 0) is 25.5 Å². The van der Waals surface area contributed by atoms with Crippen molar-refractivity contribution in [3.63, 3.8) is 0 Å². The van der Waals surface area contributed by atoms with Gasteiger partial charge in [0, 0.05) is 11.1 Å². The van der Waals surface area contributed by atoms with Crippen LogP contribution in [0.1, 0.15) is 24.8 Å². The lowest BCUT2D eigenvalue weighted by Gasteiger charge is -2.28. The SMILES string of the molecule is CCOc1cc(Cl)c(C(Cl)C2COCCO2)cc1OCC. The minimum Gasteiger partial charge on any atom is -0.490 e. The third-order valence-corrected chi connectivity index (χ3v) is 3.97. The second-order valence-electron chi connectivity index (χ2n) is 4.57. The maximum Gasteiger partial charge on any atom is 0.162 e. The highest BCUT2D eigenvalue weighted by Gasteiger charge is 2.27. The van der Waals surface area contributed by atoms with Gasteiger partial charge in [0.05, 0.1) is 38.4 Å². The van der Waals surface area contributed by atoms with Gasteiger partial charge in [-0.2, -0.15) is 0 Å². The molecule has 4 nitrogen and oxygen atoms in total. The van der Waals surface area contributed by atoms with E-state index in [2.05, 4.69) is 0 Å². The Bertz CT molecular complexity index is 461. The fourth-order valence-corrected chi connectivity index (χ4v) is 2.83. The number of alkyl halides is 1. The average molecular weight is 335 g/mol. The van der Waals surface area contributed by atoms with Gasteiger partial charge in [-0.25, -0.2) is 0 Å². The molecule has 0 N–H and O–H groups in total. The average Bonchev–Trinajstić information content (AvgIpc) is 2.50. The summed E-state index contributed by atoms with van der Waals surface area (Å²) in [5.74, 6) is 1.26. The first-order valence-corrected chi connectivity index (χ1v) is 7.91. The lowest BCUT2D eigenvalue weighted by Crippen LogP contribution is -2.32. The molecule has 21 heavy (non-hydrogen) atoms. The summed E-state index contributed by atoms with van der Waals surface area (Å²) in [4.78, 5) is 0. The molecule has 0 saturated carbocycles. The van der Waals surface area contributed by atoms with Crippen LogP contribution in [0.4, 0.5) is 0 Å². The first-order chi connectivity index (χ1) is 10.2. The molecule has 2 atom stereocenters. The Balaban J connectivity index is 2.27. The number of rotatable bonds is 6. The lowest BCUT2D eigenvalue weighted by atomic mass is 10.1. The summed E-state index contributed by atoms with van der Waals surface area (Å²) in [7, 11) is 0. The van der Waals surface area contributed by atoms with Gasteiger partial charge in [0.15, 0.2) is 11.5 Å². The molecule has 0 radical (unpaired) electrons. The molecule has 0 bridgehead atoms. The Labute approximate surface area is 135 Å². The predicted octanol–water partition coefficient (Wildman–Crippen LogP) is 3.83. The van der Waals surface area contributed by atoms with Gasteiger partial charge in [-0.3, -0.25) is 0 Å². The van der Waals surface area contributed by atoms with E-state index < -0.39 is 5.38 Å². The van der Waals surface area contributed by atoms with Crippen LogP contribution in [0, 0.1) is 0 Å². The molecule has 2 unspecified atom stereocenters. The molecule has 118 valence electrons. The number of hydrogen-bond donors (Lipinski definition) is 0. The Morgan fingerprint density at radius 3 is 2.43 bits per heavy atom. The Morgan fingerprint density at radius 2 is 1.86 bits per heavy atom. The Kier molecular flexibility index (Phi) is 6.42. The van der Waals surface area contributed by atoms with Crippen LogP contribution in [-0.2, 0) is 9.47 Å². The molecule has 2 rings (SSSR count). The molecule has 1 saturated heterocycles. The van der Waals surface area contributed by atoms with E-state index in [0.717, 1.165) is 5.56 Å². The predicted molar refractivity (Wildman–Crippen MR) is 82.9 cm³/mol. The second-order valence-corrected chi connectivity index (χ2v) is 5.45. The Hall–Kier alpha value is -0.680. The third-order valence-electron chi connectivity index (χ3n) is 3.13. The van der Waals surface area contributed by atoms with Crippen LogP contribution < -0.4 is 9.47 Å². The molecule has 0 aliphatic carbocycles. The van der Waals surface area contributed by atoms with Crippen molar-refractivity contribution >= 4 is 23.2 Å². The summed E-state index contributed by atoms with van der Waals surface area (Å²) in [6, 6.07) is 3.57. The van der Waals surface area contributed by atoms with E-state index in [4.69, 9.17) is 42.1 Å². The molecule has 1 aromatic rings. The lowest BCUT2D eigenvalue weighted by molar-refractivity contribution is -0.0892. The molecule has 0 spiro atoms. The fourth-order valence-electron chi connectivity index (χ4n) is 2.17. The standard InChI is InChI=1S/C15H20Cl2O4/c1-3-19-12-7-10(11(16)8-13(12)20-4-2)15(17)14-9-18-5-6-21-14/h7-8,14-15H,3-6,9H2,1-2H3. The first-order valence-electron chi connectivity index (χ1n) is 7.09. The van der Waals surface area contributed by atoms with E-state index in [9.17, 15) is 0 Å². The fraction of sp³-hybridized carbons (Fsp3) is 0.600. The normalized spacial score (nSPS) is 20.1. The molecule has 1 aromatic carbocycles. The minimum atomic E-state index is -0.396. The highest BCUT2D eigenvalue weighted by atomic mass is 35.5. The quantitative estimate of drug-likeness (QED) is 0.741. The van der Waals surface area contributed by atoms with E-state index in [1.165, 1.54) is 0 Å². The molecule has 6 heteroatoms. The summed E-state index contributed by atoms with van der Waals surface area (Å²) in [5, 5.41) is 0.142. The second kappa shape index (κ2) is 8.08. The van der Waals surface area contributed by atoms with Crippen molar-refractivity contribution in [2.75, 3.05) is 33.0 Å². The van der Waals surface area contributed by atoms with Crippen molar-refractivity contribution in [3.8, 4) is 11.5 Å². The zero-order chi connectivity index (χ0) is 15.2. The van der Waals surface area contributed by atoms with Gasteiger partial charge in [-0.1, -0.05) is 11.6 Å². The van der Waals surface area contributed by atoms with Crippen molar-refractivity contribution in [2.24, 2.45) is 0 Å². The van der Waals surface area contributed by atoms with Gasteiger partial charge in [-0.15, -0.1) is 11.6 Å². The van der Waals surface area contributed by atoms with Crippen LogP contribution in [-0.4, -0.2) is 39.1 Å². The van der Waals surface area contributed by atoms with E-state index in [1.54, 1.807) is 6.07 Å². The molecular formula is C15H20Cl2O4. The van der Waals surface area contributed by atoms with E-state index >= 15 is 0 Å². The van der Waals surface area contributed by atoms with Gasteiger partial charge in [0.1, 0.15) is 6.10 Å². The highest BCUT2D eigenvalue weighted by Crippen LogP contribution is 2.40. The van der Waals surface area contributed by atoms with E-state index in [-0.39, 0.29) is 6.10 Å². The number of benzene rings is 1. The van der Waals surface area contributed by atoms with Crippen molar-refractivity contribution < 1.29 is 18.9 Å². The largest absolute Gasteiger partial charge is 0.490 e. The van der Waals surface area contributed by atoms with Crippen LogP contribution in [0.3, 0.4) is 0 Å². The first kappa shape index (κ1) is 16.7. The van der Waals surface area contributed by atoms with Crippen LogP contribution in [0.5, 0.6) is 11.5 Å². The smallest absolute Gasteiger partial charge is 0.162 e. The summed E-state index contributed by atoms with van der Waals surface area (Å²) < 4.78 is 22.2. The molecule has 1 fully saturated rings. The summed E-state index contributed by atoms with van der Waals surface area (Å²) >= 11 is 12.8.